The minimum absolute atomic E-state index is 0.0512. The minimum atomic E-state index is -1.02. The lowest BCUT2D eigenvalue weighted by atomic mass is 9.83. The predicted octanol–water partition coefficient (Wildman–Crippen LogP) is 3.49. The van der Waals surface area contributed by atoms with E-state index >= 15 is 0 Å². The SMILES string of the molecule is C[C@H]1C[C@]1(/C(N)=N/O)n1c(C(=O)O)cc2cc([C@H]3CCOC(C)(C)C3)ccc21. The fourth-order valence-electron chi connectivity index (χ4n) is 4.87. The highest BCUT2D eigenvalue weighted by molar-refractivity contribution is 5.99. The number of hydrogen-bond acceptors (Lipinski definition) is 4. The monoisotopic (exact) mass is 385 g/mol. The molecule has 3 atom stereocenters. The molecule has 1 aliphatic carbocycles. The zero-order valence-corrected chi connectivity index (χ0v) is 16.5. The van der Waals surface area contributed by atoms with Crippen molar-refractivity contribution in [2.45, 2.75) is 57.1 Å². The number of hydrogen-bond donors (Lipinski definition) is 3. The first-order valence-electron chi connectivity index (χ1n) is 9.71. The number of fused-ring (bicyclic) bond motifs is 1. The summed E-state index contributed by atoms with van der Waals surface area (Å²) in [4.78, 5) is 12.0. The molecule has 0 amide bonds. The van der Waals surface area contributed by atoms with Gasteiger partial charge in [0, 0.05) is 17.5 Å². The highest BCUT2D eigenvalue weighted by Crippen LogP contribution is 2.52. The average Bonchev–Trinajstić information content (AvgIpc) is 3.16. The second-order valence-electron chi connectivity index (χ2n) is 8.80. The second kappa shape index (κ2) is 6.24. The van der Waals surface area contributed by atoms with Gasteiger partial charge >= 0.3 is 5.97 Å². The highest BCUT2D eigenvalue weighted by atomic mass is 16.5. The maximum atomic E-state index is 12.0. The van der Waals surface area contributed by atoms with E-state index in [-0.39, 0.29) is 23.0 Å². The van der Waals surface area contributed by atoms with Gasteiger partial charge in [-0.2, -0.15) is 0 Å². The lowest BCUT2D eigenvalue weighted by Gasteiger charge is -2.35. The number of rotatable bonds is 4. The summed E-state index contributed by atoms with van der Waals surface area (Å²) < 4.78 is 7.57. The van der Waals surface area contributed by atoms with Crippen molar-refractivity contribution in [3.63, 3.8) is 0 Å². The maximum absolute atomic E-state index is 12.0. The van der Waals surface area contributed by atoms with Crippen molar-refractivity contribution in [3.8, 4) is 0 Å². The van der Waals surface area contributed by atoms with Crippen molar-refractivity contribution in [2.24, 2.45) is 16.8 Å². The number of nitrogens with zero attached hydrogens (tertiary/aromatic N) is 2. The van der Waals surface area contributed by atoms with E-state index in [0.717, 1.165) is 30.4 Å². The van der Waals surface area contributed by atoms with E-state index in [1.807, 2.05) is 13.0 Å². The van der Waals surface area contributed by atoms with E-state index in [0.29, 0.717) is 12.3 Å². The number of carboxylic acid groups (broad SMARTS) is 1. The third-order valence-corrected chi connectivity index (χ3v) is 6.44. The van der Waals surface area contributed by atoms with Crippen LogP contribution in [0.4, 0.5) is 0 Å². The Balaban J connectivity index is 1.84. The van der Waals surface area contributed by atoms with E-state index < -0.39 is 11.5 Å². The minimum Gasteiger partial charge on any atom is -0.477 e. The zero-order chi connectivity index (χ0) is 20.3. The Labute approximate surface area is 163 Å². The van der Waals surface area contributed by atoms with E-state index in [1.54, 1.807) is 10.6 Å². The third-order valence-electron chi connectivity index (χ3n) is 6.44. The first-order valence-corrected chi connectivity index (χ1v) is 9.71. The molecule has 4 N–H and O–H groups in total. The number of carboxylic acids is 1. The highest BCUT2D eigenvalue weighted by Gasteiger charge is 2.58. The number of carbonyl (C=O) groups is 1. The number of ether oxygens (including phenoxy) is 1. The fourth-order valence-corrected chi connectivity index (χ4v) is 4.87. The van der Waals surface area contributed by atoms with Gasteiger partial charge in [-0.15, -0.1) is 0 Å². The molecule has 2 aliphatic rings. The number of aromatic nitrogens is 1. The number of amidine groups is 1. The molecule has 0 bridgehead atoms. The Hall–Kier alpha value is -2.54. The molecule has 2 aromatic rings. The molecule has 1 aromatic heterocycles. The number of benzene rings is 1. The van der Waals surface area contributed by atoms with Gasteiger partial charge in [0.25, 0.3) is 0 Å². The van der Waals surface area contributed by atoms with Crippen molar-refractivity contribution >= 4 is 22.7 Å². The molecule has 0 spiro atoms. The van der Waals surface area contributed by atoms with Crippen LogP contribution in [0.25, 0.3) is 10.9 Å². The summed E-state index contributed by atoms with van der Waals surface area (Å²) in [6, 6.07) is 7.82. The van der Waals surface area contributed by atoms with Crippen molar-refractivity contribution in [2.75, 3.05) is 6.61 Å². The average molecular weight is 385 g/mol. The Morgan fingerprint density at radius 3 is 2.61 bits per heavy atom. The quantitative estimate of drug-likeness (QED) is 0.323. The zero-order valence-electron chi connectivity index (χ0n) is 16.5. The van der Waals surface area contributed by atoms with E-state index in [4.69, 9.17) is 10.5 Å². The third kappa shape index (κ3) is 2.76. The van der Waals surface area contributed by atoms with Crippen LogP contribution >= 0.6 is 0 Å². The van der Waals surface area contributed by atoms with Crippen LogP contribution in [-0.4, -0.2) is 38.9 Å². The van der Waals surface area contributed by atoms with Crippen molar-refractivity contribution < 1.29 is 19.8 Å². The summed E-state index contributed by atoms with van der Waals surface area (Å²) in [7, 11) is 0. The first-order chi connectivity index (χ1) is 13.2. The molecule has 1 saturated carbocycles. The van der Waals surface area contributed by atoms with Gasteiger partial charge in [-0.25, -0.2) is 4.79 Å². The van der Waals surface area contributed by atoms with Gasteiger partial charge in [-0.3, -0.25) is 0 Å². The van der Waals surface area contributed by atoms with E-state index in [1.165, 1.54) is 5.56 Å². The van der Waals surface area contributed by atoms with Crippen molar-refractivity contribution in [1.29, 1.82) is 0 Å². The van der Waals surface area contributed by atoms with Gasteiger partial charge in [0.15, 0.2) is 5.84 Å². The van der Waals surface area contributed by atoms with Crippen LogP contribution in [0.2, 0.25) is 0 Å². The molecule has 150 valence electrons. The molecule has 0 unspecified atom stereocenters. The fraction of sp³-hybridized carbons (Fsp3) is 0.524. The Bertz CT molecular complexity index is 977. The molecular formula is C21H27N3O4. The summed E-state index contributed by atoms with van der Waals surface area (Å²) in [5, 5.41) is 23.2. The number of oxime groups is 1. The lowest BCUT2D eigenvalue weighted by molar-refractivity contribution is -0.0592. The topological polar surface area (TPSA) is 110 Å². The smallest absolute Gasteiger partial charge is 0.352 e. The van der Waals surface area contributed by atoms with Gasteiger partial charge in [0.05, 0.1) is 5.60 Å². The molecule has 1 saturated heterocycles. The standard InChI is InChI=1S/C21H27N3O4/c1-12-10-21(12,19(22)23-27)24-16-5-4-13(8-15(16)9-17(24)18(25)26)14-6-7-28-20(2,3)11-14/h4-5,8-9,12,14,27H,6-7,10-11H2,1-3H3,(H2,22,23)(H,25,26)/t12-,14-,21-/m0/s1. The lowest BCUT2D eigenvalue weighted by Crippen LogP contribution is -2.37. The van der Waals surface area contributed by atoms with Crippen LogP contribution < -0.4 is 5.73 Å². The largest absolute Gasteiger partial charge is 0.477 e. The summed E-state index contributed by atoms with van der Waals surface area (Å²) >= 11 is 0. The first kappa shape index (κ1) is 18.8. The van der Waals surface area contributed by atoms with Gasteiger partial charge in [0.2, 0.25) is 0 Å². The molecular weight excluding hydrogens is 358 g/mol. The molecule has 4 rings (SSSR count). The molecule has 0 radical (unpaired) electrons. The summed E-state index contributed by atoms with van der Waals surface area (Å²) in [5.41, 5.74) is 7.21. The Kier molecular flexibility index (Phi) is 4.19. The molecule has 1 aliphatic heterocycles. The molecule has 7 nitrogen and oxygen atoms in total. The van der Waals surface area contributed by atoms with Gasteiger partial charge in [-0.1, -0.05) is 18.1 Å². The number of nitrogens with two attached hydrogens (primary N) is 1. The van der Waals surface area contributed by atoms with Crippen molar-refractivity contribution in [1.82, 2.24) is 4.57 Å². The summed E-state index contributed by atoms with van der Waals surface area (Å²) in [6.07, 6.45) is 2.52. The summed E-state index contributed by atoms with van der Waals surface area (Å²) in [6.45, 7) is 6.91. The molecule has 2 fully saturated rings. The maximum Gasteiger partial charge on any atom is 0.352 e. The van der Waals surface area contributed by atoms with Crippen LogP contribution in [0, 0.1) is 5.92 Å². The van der Waals surface area contributed by atoms with Crippen molar-refractivity contribution in [3.05, 3.63) is 35.5 Å². The predicted molar refractivity (Wildman–Crippen MR) is 106 cm³/mol. The number of aromatic carboxylic acids is 1. The Morgan fingerprint density at radius 2 is 2.04 bits per heavy atom. The van der Waals surface area contributed by atoms with Gasteiger partial charge in [0.1, 0.15) is 11.2 Å². The van der Waals surface area contributed by atoms with Gasteiger partial charge in [-0.05, 0) is 68.7 Å². The van der Waals surface area contributed by atoms with Crippen LogP contribution in [0.15, 0.2) is 29.4 Å². The molecule has 1 aromatic carbocycles. The molecule has 7 heteroatoms. The normalized spacial score (nSPS) is 29.8. The van der Waals surface area contributed by atoms with E-state index in [9.17, 15) is 15.1 Å². The van der Waals surface area contributed by atoms with Gasteiger partial charge < -0.3 is 25.4 Å². The van der Waals surface area contributed by atoms with E-state index in [2.05, 4.69) is 31.1 Å². The Morgan fingerprint density at radius 1 is 1.32 bits per heavy atom. The van der Waals surface area contributed by atoms with Crippen LogP contribution in [-0.2, 0) is 10.3 Å². The molecule has 2 heterocycles. The summed E-state index contributed by atoms with van der Waals surface area (Å²) in [5.74, 6) is -0.500. The van der Waals surface area contributed by atoms with Crippen LogP contribution in [0.5, 0.6) is 0 Å². The van der Waals surface area contributed by atoms with Crippen LogP contribution in [0.3, 0.4) is 0 Å². The second-order valence-corrected chi connectivity index (χ2v) is 8.80. The van der Waals surface area contributed by atoms with Crippen LogP contribution in [0.1, 0.15) is 62.0 Å². The molecule has 28 heavy (non-hydrogen) atoms.